The number of aliphatic hydroxyl groups excluding tert-OH is 6. The van der Waals surface area contributed by atoms with Crippen molar-refractivity contribution >= 4 is 11.8 Å². The van der Waals surface area contributed by atoms with Crippen LogP contribution in [-0.4, -0.2) is 105 Å². The van der Waals surface area contributed by atoms with Crippen LogP contribution in [0.2, 0.25) is 0 Å². The maximum atomic E-state index is 9.96. The van der Waals surface area contributed by atoms with Gasteiger partial charge in [-0.1, -0.05) is 0 Å². The zero-order chi connectivity index (χ0) is 16.4. The molecule has 0 bridgehead atoms. The molecular weight excluding hydrogens is 320 g/mol. The lowest BCUT2D eigenvalue weighted by atomic mass is 9.99. The Kier molecular flexibility index (Phi) is 6.42. The van der Waals surface area contributed by atoms with Crippen molar-refractivity contribution in [1.82, 2.24) is 0 Å². The van der Waals surface area contributed by atoms with Crippen molar-refractivity contribution in [3.05, 3.63) is 0 Å². The van der Waals surface area contributed by atoms with E-state index in [2.05, 4.69) is 0 Å². The van der Waals surface area contributed by atoms with Crippen LogP contribution in [0.3, 0.4) is 0 Å². The van der Waals surface area contributed by atoms with Gasteiger partial charge in [0.2, 0.25) is 0 Å². The van der Waals surface area contributed by atoms with E-state index in [1.165, 1.54) is 11.8 Å². The molecule has 2 aliphatic rings. The fourth-order valence-electron chi connectivity index (χ4n) is 2.52. The SMILES string of the molecule is CSC[C@@H]1O[C@@H](O[C@H]2[C@H](O)[C@H](O)[C@@H](O)O[C@@H]2CO)[C@@H](O)[C@@H]1O. The third-order valence-corrected chi connectivity index (χ3v) is 4.44. The summed E-state index contributed by atoms with van der Waals surface area (Å²) in [6.07, 6.45) is -9.73. The van der Waals surface area contributed by atoms with Crippen LogP contribution in [0.5, 0.6) is 0 Å². The molecule has 0 spiro atoms. The Labute approximate surface area is 131 Å². The molecule has 0 unspecified atom stereocenters. The quantitative estimate of drug-likeness (QED) is 0.299. The van der Waals surface area contributed by atoms with Gasteiger partial charge in [-0.15, -0.1) is 0 Å². The predicted molar refractivity (Wildman–Crippen MR) is 73.9 cm³/mol. The Bertz CT molecular complexity index is 357. The fraction of sp³-hybridized carbons (Fsp3) is 1.00. The molecule has 2 aliphatic heterocycles. The van der Waals surface area contributed by atoms with E-state index in [0.717, 1.165) is 0 Å². The molecule has 2 heterocycles. The van der Waals surface area contributed by atoms with Gasteiger partial charge in [0.15, 0.2) is 12.6 Å². The van der Waals surface area contributed by atoms with Crippen LogP contribution in [0.15, 0.2) is 0 Å². The summed E-state index contributed by atoms with van der Waals surface area (Å²) in [4.78, 5) is 0. The number of thioether (sulfide) groups is 1. The van der Waals surface area contributed by atoms with E-state index in [1.54, 1.807) is 0 Å². The Morgan fingerprint density at radius 1 is 0.909 bits per heavy atom. The van der Waals surface area contributed by atoms with Crippen molar-refractivity contribution in [3.8, 4) is 0 Å². The van der Waals surface area contributed by atoms with Crippen LogP contribution in [-0.2, 0) is 14.2 Å². The van der Waals surface area contributed by atoms with E-state index in [0.29, 0.717) is 5.75 Å². The molecule has 10 heteroatoms. The van der Waals surface area contributed by atoms with Crippen molar-refractivity contribution in [1.29, 1.82) is 0 Å². The molecule has 22 heavy (non-hydrogen) atoms. The molecule has 2 fully saturated rings. The van der Waals surface area contributed by atoms with E-state index in [-0.39, 0.29) is 0 Å². The summed E-state index contributed by atoms with van der Waals surface area (Å²) >= 11 is 1.42. The number of ether oxygens (including phenoxy) is 3. The minimum Gasteiger partial charge on any atom is -0.394 e. The topological polar surface area (TPSA) is 149 Å². The Morgan fingerprint density at radius 3 is 2.18 bits per heavy atom. The van der Waals surface area contributed by atoms with Gasteiger partial charge in [-0.05, 0) is 6.26 Å². The lowest BCUT2D eigenvalue weighted by Crippen LogP contribution is -2.60. The minimum atomic E-state index is -1.66. The molecule has 0 aromatic rings. The second-order valence-corrected chi connectivity index (χ2v) is 6.22. The maximum absolute atomic E-state index is 9.96. The lowest BCUT2D eigenvalue weighted by molar-refractivity contribution is -0.320. The first-order chi connectivity index (χ1) is 10.4. The highest BCUT2D eigenvalue weighted by Crippen LogP contribution is 2.29. The number of rotatable bonds is 5. The number of aliphatic hydroxyl groups is 6. The summed E-state index contributed by atoms with van der Waals surface area (Å²) in [5.74, 6) is 0.437. The Balaban J connectivity index is 2.04. The molecule has 9 nitrogen and oxygen atoms in total. The third-order valence-electron chi connectivity index (χ3n) is 3.78. The van der Waals surface area contributed by atoms with Gasteiger partial charge in [-0.2, -0.15) is 11.8 Å². The average molecular weight is 342 g/mol. The minimum absolute atomic E-state index is 0.437. The normalized spacial score (nSPS) is 49.5. The van der Waals surface area contributed by atoms with E-state index >= 15 is 0 Å². The first kappa shape index (κ1) is 18.3. The highest BCUT2D eigenvalue weighted by atomic mass is 32.2. The molecular formula is C12H22O9S. The van der Waals surface area contributed by atoms with Gasteiger partial charge in [0, 0.05) is 5.75 Å². The Hall–Kier alpha value is -0.0100. The summed E-state index contributed by atoms with van der Waals surface area (Å²) in [5.41, 5.74) is 0. The summed E-state index contributed by atoms with van der Waals surface area (Å²) in [6, 6.07) is 0. The fourth-order valence-corrected chi connectivity index (χ4v) is 3.12. The van der Waals surface area contributed by atoms with Gasteiger partial charge in [-0.25, -0.2) is 0 Å². The van der Waals surface area contributed by atoms with E-state index < -0.39 is 61.9 Å². The standard InChI is InChI=1S/C12H22O9S/c1-22-3-5-6(14)9(17)12(20-5)21-10-4(2-13)19-11(18)8(16)7(10)15/h4-18H,2-3H2,1H3/t4-,5+,6-,7-,8+,9+,10-,11+,12+/m1/s1. The number of hydrogen-bond donors (Lipinski definition) is 6. The first-order valence-corrected chi connectivity index (χ1v) is 8.26. The molecule has 0 saturated carbocycles. The van der Waals surface area contributed by atoms with E-state index in [1.807, 2.05) is 6.26 Å². The average Bonchev–Trinajstić information content (AvgIpc) is 2.76. The molecule has 9 atom stereocenters. The van der Waals surface area contributed by atoms with Crippen LogP contribution in [0.25, 0.3) is 0 Å². The highest BCUT2D eigenvalue weighted by molar-refractivity contribution is 7.98. The summed E-state index contributed by atoms with van der Waals surface area (Å²) in [5, 5.41) is 58.0. The van der Waals surface area contributed by atoms with Crippen LogP contribution >= 0.6 is 11.8 Å². The monoisotopic (exact) mass is 342 g/mol. The van der Waals surface area contributed by atoms with Crippen molar-refractivity contribution in [2.45, 2.75) is 55.3 Å². The van der Waals surface area contributed by atoms with Crippen LogP contribution < -0.4 is 0 Å². The molecule has 0 aliphatic carbocycles. The molecule has 130 valence electrons. The molecule has 2 rings (SSSR count). The van der Waals surface area contributed by atoms with Crippen molar-refractivity contribution in [2.24, 2.45) is 0 Å². The van der Waals surface area contributed by atoms with Crippen molar-refractivity contribution in [3.63, 3.8) is 0 Å². The van der Waals surface area contributed by atoms with Crippen LogP contribution in [0, 0.1) is 0 Å². The molecule has 6 N–H and O–H groups in total. The van der Waals surface area contributed by atoms with E-state index in [4.69, 9.17) is 14.2 Å². The summed E-state index contributed by atoms with van der Waals surface area (Å²) < 4.78 is 15.7. The largest absolute Gasteiger partial charge is 0.394 e. The molecule has 0 amide bonds. The molecule has 0 radical (unpaired) electrons. The van der Waals surface area contributed by atoms with Gasteiger partial charge >= 0.3 is 0 Å². The van der Waals surface area contributed by atoms with E-state index in [9.17, 15) is 30.6 Å². The lowest BCUT2D eigenvalue weighted by Gasteiger charge is -2.41. The van der Waals surface area contributed by atoms with Crippen LogP contribution in [0.1, 0.15) is 0 Å². The van der Waals surface area contributed by atoms with Crippen molar-refractivity contribution < 1.29 is 44.8 Å². The number of hydrogen-bond acceptors (Lipinski definition) is 10. The Morgan fingerprint density at radius 2 is 1.59 bits per heavy atom. The maximum Gasteiger partial charge on any atom is 0.187 e. The predicted octanol–water partition coefficient (Wildman–Crippen LogP) is -3.39. The second-order valence-electron chi connectivity index (χ2n) is 5.31. The zero-order valence-electron chi connectivity index (χ0n) is 11.9. The smallest absolute Gasteiger partial charge is 0.187 e. The highest BCUT2D eigenvalue weighted by Gasteiger charge is 2.49. The molecule has 0 aromatic heterocycles. The van der Waals surface area contributed by atoms with Gasteiger partial charge in [0.25, 0.3) is 0 Å². The van der Waals surface area contributed by atoms with Gasteiger partial charge < -0.3 is 44.8 Å². The molecule has 2 saturated heterocycles. The zero-order valence-corrected chi connectivity index (χ0v) is 12.7. The summed E-state index contributed by atoms with van der Waals surface area (Å²) in [6.45, 7) is -0.578. The second kappa shape index (κ2) is 7.71. The van der Waals surface area contributed by atoms with Crippen molar-refractivity contribution in [2.75, 3.05) is 18.6 Å². The van der Waals surface area contributed by atoms with Crippen LogP contribution in [0.4, 0.5) is 0 Å². The summed E-state index contributed by atoms with van der Waals surface area (Å²) in [7, 11) is 0. The first-order valence-electron chi connectivity index (χ1n) is 6.87. The van der Waals surface area contributed by atoms with Gasteiger partial charge in [0.1, 0.15) is 36.6 Å². The third kappa shape index (κ3) is 3.56. The van der Waals surface area contributed by atoms with Gasteiger partial charge in [-0.3, -0.25) is 0 Å². The van der Waals surface area contributed by atoms with Gasteiger partial charge in [0.05, 0.1) is 12.7 Å². The molecule has 0 aromatic carbocycles.